The summed E-state index contributed by atoms with van der Waals surface area (Å²) < 4.78 is 13.9. The molecule has 2 rings (SSSR count). The van der Waals surface area contributed by atoms with Crippen LogP contribution < -0.4 is 10.2 Å². The Morgan fingerprint density at radius 2 is 1.76 bits per heavy atom. The van der Waals surface area contributed by atoms with E-state index in [0.29, 0.717) is 0 Å². The smallest absolute Gasteiger partial charge is 0.127 e. The molecule has 2 nitrogen and oxygen atoms in total. The van der Waals surface area contributed by atoms with Crippen LogP contribution in [0.25, 0.3) is 0 Å². The zero-order valence-electron chi connectivity index (χ0n) is 12.9. The van der Waals surface area contributed by atoms with Gasteiger partial charge < -0.3 is 10.2 Å². The first kappa shape index (κ1) is 15.5. The van der Waals surface area contributed by atoms with E-state index in [0.717, 1.165) is 18.5 Å². The number of nitrogens with one attached hydrogen (secondary N) is 1. The minimum absolute atomic E-state index is 0.0269. The van der Waals surface area contributed by atoms with Gasteiger partial charge in [0.05, 0.1) is 0 Å². The van der Waals surface area contributed by atoms with Crippen LogP contribution in [0.2, 0.25) is 0 Å². The first-order valence-corrected chi connectivity index (χ1v) is 7.31. The SMILES string of the molecule is CNC(CCN(C)c1ccc(C)cc1)c1ccccc1F. The number of hydrogen-bond acceptors (Lipinski definition) is 2. The summed E-state index contributed by atoms with van der Waals surface area (Å²) in [7, 11) is 3.95. The van der Waals surface area contributed by atoms with Gasteiger partial charge in [-0.3, -0.25) is 0 Å². The molecule has 0 spiro atoms. The predicted octanol–water partition coefficient (Wildman–Crippen LogP) is 3.92. The molecule has 0 aliphatic carbocycles. The molecule has 0 aliphatic heterocycles. The molecule has 0 radical (unpaired) electrons. The molecule has 2 aromatic rings. The third-order valence-corrected chi connectivity index (χ3v) is 3.86. The normalized spacial score (nSPS) is 12.2. The fraction of sp³-hybridized carbons (Fsp3) is 0.333. The average Bonchev–Trinajstić information content (AvgIpc) is 2.50. The first-order chi connectivity index (χ1) is 10.1. The third kappa shape index (κ3) is 4.05. The first-order valence-electron chi connectivity index (χ1n) is 7.31. The summed E-state index contributed by atoms with van der Waals surface area (Å²) in [4.78, 5) is 2.20. The fourth-order valence-electron chi connectivity index (χ4n) is 2.46. The Hall–Kier alpha value is -1.87. The van der Waals surface area contributed by atoms with Crippen molar-refractivity contribution in [1.82, 2.24) is 5.32 Å². The van der Waals surface area contributed by atoms with Crippen molar-refractivity contribution in [3.8, 4) is 0 Å². The Balaban J connectivity index is 2.00. The van der Waals surface area contributed by atoms with E-state index in [9.17, 15) is 4.39 Å². The van der Waals surface area contributed by atoms with E-state index >= 15 is 0 Å². The van der Waals surface area contributed by atoms with Crippen LogP contribution in [0.1, 0.15) is 23.6 Å². The van der Waals surface area contributed by atoms with E-state index in [4.69, 9.17) is 0 Å². The highest BCUT2D eigenvalue weighted by molar-refractivity contribution is 5.46. The van der Waals surface area contributed by atoms with Crippen LogP contribution in [0.15, 0.2) is 48.5 Å². The molecule has 3 heteroatoms. The quantitative estimate of drug-likeness (QED) is 0.866. The van der Waals surface area contributed by atoms with Gasteiger partial charge in [-0.05, 0) is 38.6 Å². The molecule has 2 aromatic carbocycles. The minimum Gasteiger partial charge on any atom is -0.375 e. The van der Waals surface area contributed by atoms with Crippen molar-refractivity contribution >= 4 is 5.69 Å². The molecule has 21 heavy (non-hydrogen) atoms. The van der Waals surface area contributed by atoms with Crippen LogP contribution in [-0.4, -0.2) is 20.6 Å². The topological polar surface area (TPSA) is 15.3 Å². The number of hydrogen-bond donors (Lipinski definition) is 1. The largest absolute Gasteiger partial charge is 0.375 e. The lowest BCUT2D eigenvalue weighted by molar-refractivity contribution is 0.510. The number of rotatable bonds is 6. The van der Waals surface area contributed by atoms with E-state index in [1.54, 1.807) is 6.07 Å². The lowest BCUT2D eigenvalue weighted by atomic mass is 10.0. The van der Waals surface area contributed by atoms with Crippen LogP contribution in [-0.2, 0) is 0 Å². The summed E-state index contributed by atoms with van der Waals surface area (Å²) in [6.07, 6.45) is 0.849. The van der Waals surface area contributed by atoms with Crippen molar-refractivity contribution in [1.29, 1.82) is 0 Å². The minimum atomic E-state index is -0.144. The highest BCUT2D eigenvalue weighted by atomic mass is 19.1. The monoisotopic (exact) mass is 286 g/mol. The molecule has 0 saturated carbocycles. The highest BCUT2D eigenvalue weighted by Crippen LogP contribution is 2.21. The summed E-state index contributed by atoms with van der Waals surface area (Å²) in [6, 6.07) is 15.5. The van der Waals surface area contributed by atoms with Gasteiger partial charge in [0.25, 0.3) is 0 Å². The maximum atomic E-state index is 13.9. The van der Waals surface area contributed by atoms with Crippen molar-refractivity contribution < 1.29 is 4.39 Å². The van der Waals surface area contributed by atoms with Gasteiger partial charge in [0.2, 0.25) is 0 Å². The maximum absolute atomic E-state index is 13.9. The molecule has 0 bridgehead atoms. The predicted molar refractivity (Wildman–Crippen MR) is 87.3 cm³/mol. The van der Waals surface area contributed by atoms with Gasteiger partial charge in [-0.25, -0.2) is 4.39 Å². The second kappa shape index (κ2) is 7.23. The molecule has 0 heterocycles. The Labute approximate surface area is 126 Å². The lowest BCUT2D eigenvalue weighted by Gasteiger charge is -2.24. The molecule has 0 amide bonds. The summed E-state index contributed by atoms with van der Waals surface area (Å²) in [6.45, 7) is 2.95. The van der Waals surface area contributed by atoms with Crippen molar-refractivity contribution in [3.05, 3.63) is 65.5 Å². The van der Waals surface area contributed by atoms with Crippen LogP contribution in [0.3, 0.4) is 0 Å². The Bertz CT molecular complexity index is 566. The molecule has 1 unspecified atom stereocenters. The average molecular weight is 286 g/mol. The van der Waals surface area contributed by atoms with Crippen molar-refractivity contribution in [2.24, 2.45) is 0 Å². The van der Waals surface area contributed by atoms with Crippen LogP contribution in [0.4, 0.5) is 10.1 Å². The lowest BCUT2D eigenvalue weighted by Crippen LogP contribution is -2.25. The van der Waals surface area contributed by atoms with Gasteiger partial charge in [0.15, 0.2) is 0 Å². The molecule has 1 atom stereocenters. The Kier molecular flexibility index (Phi) is 5.34. The Morgan fingerprint density at radius 1 is 1.10 bits per heavy atom. The summed E-state index contributed by atoms with van der Waals surface area (Å²) >= 11 is 0. The molecule has 112 valence electrons. The molecular weight excluding hydrogens is 263 g/mol. The van der Waals surface area contributed by atoms with Crippen molar-refractivity contribution in [2.75, 3.05) is 25.5 Å². The molecule has 0 saturated heterocycles. The highest BCUT2D eigenvalue weighted by Gasteiger charge is 2.14. The van der Waals surface area contributed by atoms with E-state index in [1.165, 1.54) is 17.3 Å². The summed E-state index contributed by atoms with van der Waals surface area (Å²) in [5.74, 6) is -0.144. The molecule has 1 N–H and O–H groups in total. The molecular formula is C18H23FN2. The van der Waals surface area contributed by atoms with Crippen molar-refractivity contribution in [2.45, 2.75) is 19.4 Å². The van der Waals surface area contributed by atoms with Crippen LogP contribution >= 0.6 is 0 Å². The zero-order valence-corrected chi connectivity index (χ0v) is 12.9. The summed E-state index contributed by atoms with van der Waals surface area (Å²) in [5, 5.41) is 3.21. The van der Waals surface area contributed by atoms with Crippen LogP contribution in [0.5, 0.6) is 0 Å². The second-order valence-corrected chi connectivity index (χ2v) is 5.41. The number of nitrogens with zero attached hydrogens (tertiary/aromatic N) is 1. The number of benzene rings is 2. The van der Waals surface area contributed by atoms with E-state index in [1.807, 2.05) is 19.2 Å². The molecule has 0 aromatic heterocycles. The summed E-state index contributed by atoms with van der Waals surface area (Å²) in [5.41, 5.74) is 3.17. The third-order valence-electron chi connectivity index (χ3n) is 3.86. The molecule has 0 aliphatic rings. The maximum Gasteiger partial charge on any atom is 0.127 e. The number of halogens is 1. The molecule has 0 fully saturated rings. The zero-order chi connectivity index (χ0) is 15.2. The standard InChI is InChI=1S/C18H23FN2/c1-14-8-10-15(11-9-14)21(3)13-12-18(20-2)16-6-4-5-7-17(16)19/h4-11,18,20H,12-13H2,1-3H3. The van der Waals surface area contributed by atoms with Gasteiger partial charge >= 0.3 is 0 Å². The fourth-order valence-corrected chi connectivity index (χ4v) is 2.46. The van der Waals surface area contributed by atoms with Crippen LogP contribution in [0, 0.1) is 12.7 Å². The van der Waals surface area contributed by atoms with Gasteiger partial charge in [-0.1, -0.05) is 35.9 Å². The van der Waals surface area contributed by atoms with E-state index < -0.39 is 0 Å². The van der Waals surface area contributed by atoms with E-state index in [-0.39, 0.29) is 11.9 Å². The number of aryl methyl sites for hydroxylation is 1. The van der Waals surface area contributed by atoms with E-state index in [2.05, 4.69) is 48.5 Å². The Morgan fingerprint density at radius 3 is 2.38 bits per heavy atom. The van der Waals surface area contributed by atoms with Gasteiger partial charge in [0, 0.05) is 30.9 Å². The second-order valence-electron chi connectivity index (χ2n) is 5.41. The van der Waals surface area contributed by atoms with Crippen molar-refractivity contribution in [3.63, 3.8) is 0 Å². The van der Waals surface area contributed by atoms with Gasteiger partial charge in [-0.15, -0.1) is 0 Å². The van der Waals surface area contributed by atoms with Gasteiger partial charge in [-0.2, -0.15) is 0 Å². The van der Waals surface area contributed by atoms with Gasteiger partial charge in [0.1, 0.15) is 5.82 Å². The number of anilines is 1.